The summed E-state index contributed by atoms with van der Waals surface area (Å²) in [6.07, 6.45) is 4.81. The van der Waals surface area contributed by atoms with E-state index in [2.05, 4.69) is 10.6 Å². The van der Waals surface area contributed by atoms with Crippen molar-refractivity contribution in [2.45, 2.75) is 38.1 Å². The number of nitrogens with one attached hydrogen (secondary N) is 2. The van der Waals surface area contributed by atoms with Crippen molar-refractivity contribution in [1.29, 1.82) is 0 Å². The molecule has 102 valence electrons. The lowest BCUT2D eigenvalue weighted by molar-refractivity contribution is -0.135. The van der Waals surface area contributed by atoms with Gasteiger partial charge in [0.2, 0.25) is 11.8 Å². The average Bonchev–Trinajstić information content (AvgIpc) is 2.98. The molecule has 1 aliphatic carbocycles. The minimum atomic E-state index is -0.0316. The van der Waals surface area contributed by atoms with Gasteiger partial charge in [-0.25, -0.2) is 0 Å². The Morgan fingerprint density at radius 2 is 2.11 bits per heavy atom. The molecule has 0 aromatic carbocycles. The highest BCUT2D eigenvalue weighted by molar-refractivity contribution is 5.84. The van der Waals surface area contributed by atoms with Gasteiger partial charge >= 0.3 is 0 Å². The van der Waals surface area contributed by atoms with E-state index >= 15 is 0 Å². The van der Waals surface area contributed by atoms with Gasteiger partial charge in [-0.1, -0.05) is 0 Å². The third-order valence-electron chi connectivity index (χ3n) is 3.68. The van der Waals surface area contributed by atoms with Crippen molar-refractivity contribution in [3.05, 3.63) is 0 Å². The molecule has 1 unspecified atom stereocenters. The van der Waals surface area contributed by atoms with E-state index < -0.39 is 0 Å². The molecule has 1 aliphatic heterocycles. The normalized spacial score (nSPS) is 22.8. The lowest BCUT2D eigenvalue weighted by Gasteiger charge is -2.17. The lowest BCUT2D eigenvalue weighted by Crippen LogP contribution is -2.39. The lowest BCUT2D eigenvalue weighted by atomic mass is 10.0. The van der Waals surface area contributed by atoms with Gasteiger partial charge in [0.1, 0.15) is 0 Å². The topological polar surface area (TPSA) is 61.4 Å². The van der Waals surface area contributed by atoms with Crippen molar-refractivity contribution in [2.75, 3.05) is 26.7 Å². The molecule has 0 radical (unpaired) electrons. The van der Waals surface area contributed by atoms with Gasteiger partial charge in [0.25, 0.3) is 0 Å². The van der Waals surface area contributed by atoms with Crippen LogP contribution >= 0.6 is 0 Å². The predicted octanol–water partition coefficient (Wildman–Crippen LogP) is 0.113. The molecule has 1 saturated heterocycles. The molecule has 2 aliphatic rings. The number of nitrogens with zero attached hydrogens (tertiary/aromatic N) is 1. The van der Waals surface area contributed by atoms with E-state index in [0.717, 1.165) is 32.4 Å². The Kier molecular flexibility index (Phi) is 4.58. The Hall–Kier alpha value is -1.10. The SMILES string of the molecule is CN(CC(=O)NC1CC1)C(=O)CCC1CCNC1. The van der Waals surface area contributed by atoms with E-state index in [-0.39, 0.29) is 18.4 Å². The number of hydrogen-bond donors (Lipinski definition) is 2. The first-order valence-electron chi connectivity index (χ1n) is 6.89. The van der Waals surface area contributed by atoms with Crippen molar-refractivity contribution >= 4 is 11.8 Å². The average molecular weight is 253 g/mol. The van der Waals surface area contributed by atoms with E-state index in [0.29, 0.717) is 18.4 Å². The summed E-state index contributed by atoms with van der Waals surface area (Å²) in [5, 5.41) is 6.19. The van der Waals surface area contributed by atoms with E-state index in [4.69, 9.17) is 0 Å². The highest BCUT2D eigenvalue weighted by Gasteiger charge is 2.24. The number of likely N-dealkylation sites (N-methyl/N-ethyl adjacent to an activating group) is 1. The molecule has 18 heavy (non-hydrogen) atoms. The Morgan fingerprint density at radius 3 is 2.72 bits per heavy atom. The Morgan fingerprint density at radius 1 is 1.33 bits per heavy atom. The molecule has 5 heteroatoms. The summed E-state index contributed by atoms with van der Waals surface area (Å²) in [7, 11) is 1.71. The minimum absolute atomic E-state index is 0.0316. The zero-order valence-electron chi connectivity index (χ0n) is 11.1. The smallest absolute Gasteiger partial charge is 0.239 e. The molecule has 5 nitrogen and oxygen atoms in total. The summed E-state index contributed by atoms with van der Waals surface area (Å²) in [6, 6.07) is 0.366. The van der Waals surface area contributed by atoms with Crippen molar-refractivity contribution in [1.82, 2.24) is 15.5 Å². The van der Waals surface area contributed by atoms with Crippen LogP contribution in [0.2, 0.25) is 0 Å². The molecule has 2 N–H and O–H groups in total. The minimum Gasteiger partial charge on any atom is -0.352 e. The van der Waals surface area contributed by atoms with E-state index in [9.17, 15) is 9.59 Å². The third kappa shape index (κ3) is 4.29. The third-order valence-corrected chi connectivity index (χ3v) is 3.68. The van der Waals surface area contributed by atoms with E-state index in [1.165, 1.54) is 6.42 Å². The first-order chi connectivity index (χ1) is 8.65. The van der Waals surface area contributed by atoms with Gasteiger partial charge in [0, 0.05) is 19.5 Å². The molecule has 0 spiro atoms. The Labute approximate surface area is 108 Å². The van der Waals surface area contributed by atoms with Crippen LogP contribution in [-0.4, -0.2) is 49.4 Å². The summed E-state index contributed by atoms with van der Waals surface area (Å²) in [4.78, 5) is 25.0. The van der Waals surface area contributed by atoms with Crippen molar-refractivity contribution < 1.29 is 9.59 Å². The fourth-order valence-corrected chi connectivity index (χ4v) is 2.28. The standard InChI is InChI=1S/C13H23N3O2/c1-16(9-12(17)15-11-3-4-11)13(18)5-2-10-6-7-14-8-10/h10-11,14H,2-9H2,1H3,(H,15,17). The molecular weight excluding hydrogens is 230 g/mol. The quantitative estimate of drug-likeness (QED) is 0.706. The number of carbonyl (C=O) groups is 2. The maximum atomic E-state index is 11.9. The zero-order chi connectivity index (χ0) is 13.0. The highest BCUT2D eigenvalue weighted by Crippen LogP contribution is 2.18. The molecule has 0 aromatic heterocycles. The van der Waals surface area contributed by atoms with Crippen molar-refractivity contribution in [2.24, 2.45) is 5.92 Å². The number of carbonyl (C=O) groups excluding carboxylic acids is 2. The van der Waals surface area contributed by atoms with Crippen LogP contribution < -0.4 is 10.6 Å². The summed E-state index contributed by atoms with van der Waals surface area (Å²) in [5.74, 6) is 0.673. The summed E-state index contributed by atoms with van der Waals surface area (Å²) in [6.45, 7) is 2.29. The Bertz CT molecular complexity index is 309. The maximum absolute atomic E-state index is 11.9. The first-order valence-corrected chi connectivity index (χ1v) is 6.89. The van der Waals surface area contributed by atoms with Crippen LogP contribution in [0.1, 0.15) is 32.1 Å². The molecule has 2 rings (SSSR count). The number of rotatable bonds is 6. The van der Waals surface area contributed by atoms with Crippen LogP contribution in [0.15, 0.2) is 0 Å². The Balaban J connectivity index is 1.62. The van der Waals surface area contributed by atoms with Crippen molar-refractivity contribution in [3.8, 4) is 0 Å². The maximum Gasteiger partial charge on any atom is 0.239 e. The number of amides is 2. The van der Waals surface area contributed by atoms with Crippen LogP contribution in [0.3, 0.4) is 0 Å². The molecule has 2 amide bonds. The van der Waals surface area contributed by atoms with Crippen LogP contribution in [0.5, 0.6) is 0 Å². The molecule has 0 aromatic rings. The fraction of sp³-hybridized carbons (Fsp3) is 0.846. The van der Waals surface area contributed by atoms with Gasteiger partial charge < -0.3 is 15.5 Å². The largest absolute Gasteiger partial charge is 0.352 e. The molecule has 1 atom stereocenters. The first kappa shape index (κ1) is 13.3. The molecular formula is C13H23N3O2. The second kappa shape index (κ2) is 6.18. The van der Waals surface area contributed by atoms with Gasteiger partial charge in [-0.3, -0.25) is 9.59 Å². The highest BCUT2D eigenvalue weighted by atomic mass is 16.2. The monoisotopic (exact) mass is 253 g/mol. The second-order valence-electron chi connectivity index (χ2n) is 5.49. The zero-order valence-corrected chi connectivity index (χ0v) is 11.1. The van der Waals surface area contributed by atoms with Gasteiger partial charge in [0.15, 0.2) is 0 Å². The van der Waals surface area contributed by atoms with Crippen LogP contribution in [0, 0.1) is 5.92 Å². The molecule has 1 saturated carbocycles. The molecule has 2 fully saturated rings. The van der Waals surface area contributed by atoms with Gasteiger partial charge in [-0.05, 0) is 44.7 Å². The van der Waals surface area contributed by atoms with E-state index in [1.807, 2.05) is 0 Å². The van der Waals surface area contributed by atoms with Gasteiger partial charge in [-0.2, -0.15) is 0 Å². The van der Waals surface area contributed by atoms with Crippen LogP contribution in [0.4, 0.5) is 0 Å². The van der Waals surface area contributed by atoms with E-state index in [1.54, 1.807) is 11.9 Å². The van der Waals surface area contributed by atoms with Crippen LogP contribution in [0.25, 0.3) is 0 Å². The van der Waals surface area contributed by atoms with Crippen molar-refractivity contribution in [3.63, 3.8) is 0 Å². The second-order valence-corrected chi connectivity index (χ2v) is 5.49. The fourth-order valence-electron chi connectivity index (χ4n) is 2.28. The number of hydrogen-bond acceptors (Lipinski definition) is 3. The van der Waals surface area contributed by atoms with Gasteiger partial charge in [0.05, 0.1) is 6.54 Å². The van der Waals surface area contributed by atoms with Crippen LogP contribution in [-0.2, 0) is 9.59 Å². The predicted molar refractivity (Wildman–Crippen MR) is 69.0 cm³/mol. The summed E-state index contributed by atoms with van der Waals surface area (Å²) in [5.41, 5.74) is 0. The summed E-state index contributed by atoms with van der Waals surface area (Å²) >= 11 is 0. The summed E-state index contributed by atoms with van der Waals surface area (Å²) < 4.78 is 0. The molecule has 1 heterocycles. The van der Waals surface area contributed by atoms with Gasteiger partial charge in [-0.15, -0.1) is 0 Å². The molecule has 0 bridgehead atoms.